The second-order valence-electron chi connectivity index (χ2n) is 9.72. The molecule has 1 unspecified atom stereocenters. The number of hydrogen-bond donors (Lipinski definition) is 3. The topological polar surface area (TPSA) is 74.2 Å². The maximum Gasteiger partial charge on any atom is 0.160 e. The van der Waals surface area contributed by atoms with E-state index >= 15 is 0 Å². The highest BCUT2D eigenvalue weighted by atomic mass is 16.5. The lowest BCUT2D eigenvalue weighted by molar-refractivity contribution is 0.0999. The first-order valence-corrected chi connectivity index (χ1v) is 13.6. The molecule has 3 aromatic rings. The van der Waals surface area contributed by atoms with Gasteiger partial charge in [-0.3, -0.25) is 5.43 Å². The Bertz CT molecular complexity index is 1090. The Hall–Kier alpha value is -3.22. The predicted octanol–water partition coefficient (Wildman–Crippen LogP) is 6.00. The fourth-order valence-electron chi connectivity index (χ4n) is 4.90. The fraction of sp³-hybridized carbons (Fsp3) is 0.419. The van der Waals surface area contributed by atoms with E-state index in [0.717, 1.165) is 60.4 Å². The molecule has 0 spiro atoms. The molecule has 0 saturated carbocycles. The van der Waals surface area contributed by atoms with Crippen molar-refractivity contribution in [1.29, 1.82) is 0 Å². The first-order valence-electron chi connectivity index (χ1n) is 13.6. The van der Waals surface area contributed by atoms with Crippen LogP contribution in [-0.2, 0) is 19.4 Å². The van der Waals surface area contributed by atoms with E-state index in [9.17, 15) is 10.2 Å². The van der Waals surface area contributed by atoms with Crippen LogP contribution in [0.4, 0.5) is 0 Å². The zero-order valence-electron chi connectivity index (χ0n) is 21.9. The van der Waals surface area contributed by atoms with E-state index in [1.54, 1.807) is 6.07 Å². The van der Waals surface area contributed by atoms with Gasteiger partial charge in [0, 0.05) is 24.7 Å². The van der Waals surface area contributed by atoms with Crippen molar-refractivity contribution in [3.8, 4) is 23.0 Å². The van der Waals surface area contributed by atoms with Crippen LogP contribution in [0.5, 0.6) is 23.0 Å². The molecule has 37 heavy (non-hydrogen) atoms. The van der Waals surface area contributed by atoms with Crippen LogP contribution in [-0.4, -0.2) is 41.0 Å². The van der Waals surface area contributed by atoms with Crippen molar-refractivity contribution in [2.24, 2.45) is 0 Å². The molecule has 1 aliphatic rings. The van der Waals surface area contributed by atoms with E-state index in [1.165, 1.54) is 19.3 Å². The van der Waals surface area contributed by atoms with Crippen LogP contribution >= 0.6 is 0 Å². The molecular formula is C31H40N2O4. The Labute approximate surface area is 220 Å². The van der Waals surface area contributed by atoms with E-state index in [2.05, 4.69) is 29.5 Å². The summed E-state index contributed by atoms with van der Waals surface area (Å²) in [6, 6.07) is 21.8. The third-order valence-corrected chi connectivity index (χ3v) is 6.99. The van der Waals surface area contributed by atoms with Crippen LogP contribution in [0.1, 0.15) is 55.7 Å². The minimum Gasteiger partial charge on any atom is -0.504 e. The summed E-state index contributed by atoms with van der Waals surface area (Å²) in [5.41, 5.74) is 6.77. The molecular weight excluding hydrogens is 464 g/mol. The minimum absolute atomic E-state index is 0.0281. The molecule has 198 valence electrons. The lowest BCUT2D eigenvalue weighted by Gasteiger charge is -2.36. The number of ether oxygens (including phenoxy) is 2. The van der Waals surface area contributed by atoms with Gasteiger partial charge in [-0.2, -0.15) is 0 Å². The van der Waals surface area contributed by atoms with Crippen molar-refractivity contribution >= 4 is 0 Å². The largest absolute Gasteiger partial charge is 0.504 e. The summed E-state index contributed by atoms with van der Waals surface area (Å²) < 4.78 is 11.8. The molecule has 0 saturated heterocycles. The predicted molar refractivity (Wildman–Crippen MR) is 147 cm³/mol. The highest BCUT2D eigenvalue weighted by molar-refractivity contribution is 5.50. The normalized spacial score (nSPS) is 14.9. The van der Waals surface area contributed by atoms with Crippen molar-refractivity contribution < 1.29 is 19.7 Å². The standard InChI is InChI=1S/C31H40N2O4/c1-2-3-4-8-20-33(26-12-17-29-25(22-26)11-18-30(34)31(29)35)32-19-21-36-27-13-15-28(16-14-27)37-23-24-9-6-5-7-10-24/h5-7,9-11,13-16,18,26,32,34-35H,2-4,8,12,17,19-23H2,1H3. The van der Waals surface area contributed by atoms with Crippen LogP contribution < -0.4 is 14.9 Å². The molecule has 0 bridgehead atoms. The number of nitrogens with one attached hydrogen (secondary N) is 1. The number of nitrogens with zero attached hydrogens (tertiary/aromatic N) is 1. The van der Waals surface area contributed by atoms with Gasteiger partial charge >= 0.3 is 0 Å². The molecule has 4 rings (SSSR count). The molecule has 0 fully saturated rings. The Kier molecular flexibility index (Phi) is 10.1. The highest BCUT2D eigenvalue weighted by Gasteiger charge is 2.26. The lowest BCUT2D eigenvalue weighted by Crippen LogP contribution is -2.49. The first-order chi connectivity index (χ1) is 18.1. The highest BCUT2D eigenvalue weighted by Crippen LogP contribution is 2.36. The van der Waals surface area contributed by atoms with Gasteiger partial charge in [-0.25, -0.2) is 5.01 Å². The maximum atomic E-state index is 10.2. The number of rotatable bonds is 14. The SMILES string of the molecule is CCCCCCN(NCCOc1ccc(OCc2ccccc2)cc1)C1CCc2c(ccc(O)c2O)C1. The van der Waals surface area contributed by atoms with Crippen LogP contribution in [0.2, 0.25) is 0 Å². The quantitative estimate of drug-likeness (QED) is 0.142. The van der Waals surface area contributed by atoms with Gasteiger partial charge in [0.2, 0.25) is 0 Å². The second kappa shape index (κ2) is 13.9. The van der Waals surface area contributed by atoms with Crippen LogP contribution in [0.25, 0.3) is 0 Å². The summed E-state index contributed by atoms with van der Waals surface area (Å²) >= 11 is 0. The van der Waals surface area contributed by atoms with Crippen molar-refractivity contribution in [3.63, 3.8) is 0 Å². The summed E-state index contributed by atoms with van der Waals surface area (Å²) in [6.07, 6.45) is 7.41. The summed E-state index contributed by atoms with van der Waals surface area (Å²) in [5.74, 6) is 1.66. The van der Waals surface area contributed by atoms with Gasteiger partial charge in [-0.15, -0.1) is 0 Å². The van der Waals surface area contributed by atoms with Crippen molar-refractivity contribution in [2.45, 2.75) is 64.5 Å². The smallest absolute Gasteiger partial charge is 0.160 e. The van der Waals surface area contributed by atoms with E-state index in [1.807, 2.05) is 48.5 Å². The number of hydrazine groups is 1. The van der Waals surface area contributed by atoms with Gasteiger partial charge in [0.25, 0.3) is 0 Å². The first kappa shape index (κ1) is 26.8. The average Bonchev–Trinajstić information content (AvgIpc) is 2.94. The molecule has 0 aliphatic heterocycles. The molecule has 1 atom stereocenters. The molecule has 0 heterocycles. The van der Waals surface area contributed by atoms with E-state index in [-0.39, 0.29) is 11.5 Å². The second-order valence-corrected chi connectivity index (χ2v) is 9.72. The summed E-state index contributed by atoms with van der Waals surface area (Å²) in [7, 11) is 0. The number of unbranched alkanes of at least 4 members (excludes halogenated alkanes) is 3. The molecule has 6 heteroatoms. The Morgan fingerprint density at radius 1 is 0.892 bits per heavy atom. The van der Waals surface area contributed by atoms with Gasteiger partial charge in [0.15, 0.2) is 11.5 Å². The third-order valence-electron chi connectivity index (χ3n) is 6.99. The number of hydrogen-bond acceptors (Lipinski definition) is 6. The number of aromatic hydroxyl groups is 2. The van der Waals surface area contributed by atoms with Crippen molar-refractivity contribution in [2.75, 3.05) is 19.7 Å². The van der Waals surface area contributed by atoms with Gasteiger partial charge in [0.1, 0.15) is 24.7 Å². The molecule has 0 radical (unpaired) electrons. The Morgan fingerprint density at radius 2 is 1.65 bits per heavy atom. The van der Waals surface area contributed by atoms with E-state index < -0.39 is 0 Å². The average molecular weight is 505 g/mol. The van der Waals surface area contributed by atoms with Gasteiger partial charge in [0.05, 0.1) is 0 Å². The van der Waals surface area contributed by atoms with Gasteiger partial charge in [-0.1, -0.05) is 62.6 Å². The van der Waals surface area contributed by atoms with Crippen molar-refractivity contribution in [3.05, 3.63) is 83.4 Å². The van der Waals surface area contributed by atoms with E-state index in [4.69, 9.17) is 9.47 Å². The molecule has 1 aliphatic carbocycles. The Morgan fingerprint density at radius 3 is 2.41 bits per heavy atom. The minimum atomic E-state index is -0.0281. The maximum absolute atomic E-state index is 10.2. The number of benzene rings is 3. The molecule has 0 aromatic heterocycles. The van der Waals surface area contributed by atoms with Crippen LogP contribution in [0.15, 0.2) is 66.7 Å². The molecule has 3 N–H and O–H groups in total. The number of fused-ring (bicyclic) bond motifs is 1. The van der Waals surface area contributed by atoms with Crippen LogP contribution in [0.3, 0.4) is 0 Å². The van der Waals surface area contributed by atoms with Crippen LogP contribution in [0, 0.1) is 0 Å². The van der Waals surface area contributed by atoms with E-state index in [0.29, 0.717) is 25.8 Å². The fourth-order valence-corrected chi connectivity index (χ4v) is 4.90. The third kappa shape index (κ3) is 7.88. The van der Waals surface area contributed by atoms with Crippen molar-refractivity contribution in [1.82, 2.24) is 10.4 Å². The number of phenolic OH excluding ortho intramolecular Hbond substituents is 2. The molecule has 6 nitrogen and oxygen atoms in total. The summed E-state index contributed by atoms with van der Waals surface area (Å²) in [4.78, 5) is 0. The molecule has 3 aromatic carbocycles. The molecule has 0 amide bonds. The van der Waals surface area contributed by atoms with Gasteiger partial charge in [-0.05, 0) is 67.1 Å². The number of phenols is 2. The summed E-state index contributed by atoms with van der Waals surface area (Å²) in [5, 5.41) is 22.5. The Balaban J connectivity index is 1.25. The summed E-state index contributed by atoms with van der Waals surface area (Å²) in [6.45, 7) is 5.04. The lowest BCUT2D eigenvalue weighted by atomic mass is 9.87. The zero-order chi connectivity index (χ0) is 25.9. The zero-order valence-corrected chi connectivity index (χ0v) is 21.9. The van der Waals surface area contributed by atoms with Gasteiger partial charge < -0.3 is 19.7 Å². The monoisotopic (exact) mass is 504 g/mol.